The highest BCUT2D eigenvalue weighted by Gasteiger charge is 2.26. The van der Waals surface area contributed by atoms with E-state index in [9.17, 15) is 0 Å². The number of nitrogens with zero attached hydrogens (tertiary/aromatic N) is 3. The molecule has 0 amide bonds. The number of aromatic nitrogens is 3. The topological polar surface area (TPSA) is 42.7 Å². The second kappa shape index (κ2) is 7.90. The average Bonchev–Trinajstić information content (AvgIpc) is 3.06. The molecule has 1 saturated heterocycles. The molecule has 4 nitrogen and oxygen atoms in total. The zero-order chi connectivity index (χ0) is 13.5. The van der Waals surface area contributed by atoms with Gasteiger partial charge in [-0.2, -0.15) is 16.9 Å². The minimum Gasteiger partial charge on any atom is -0.313 e. The fourth-order valence-electron chi connectivity index (χ4n) is 2.65. The zero-order valence-electron chi connectivity index (χ0n) is 12.1. The van der Waals surface area contributed by atoms with Gasteiger partial charge in [0.15, 0.2) is 0 Å². The van der Waals surface area contributed by atoms with Crippen LogP contribution in [0.15, 0.2) is 6.33 Å². The van der Waals surface area contributed by atoms with E-state index in [1.54, 1.807) is 6.33 Å². The Labute approximate surface area is 120 Å². The normalized spacial score (nSPS) is 20.8. The molecular weight excluding hydrogens is 256 g/mol. The van der Waals surface area contributed by atoms with E-state index < -0.39 is 0 Å². The van der Waals surface area contributed by atoms with Gasteiger partial charge in [-0.1, -0.05) is 13.8 Å². The van der Waals surface area contributed by atoms with Crippen molar-refractivity contribution in [2.75, 3.05) is 18.1 Å². The summed E-state index contributed by atoms with van der Waals surface area (Å²) in [5, 5.41) is 8.06. The lowest BCUT2D eigenvalue weighted by atomic mass is 9.96. The van der Waals surface area contributed by atoms with E-state index in [0.717, 1.165) is 37.7 Å². The van der Waals surface area contributed by atoms with Crippen LogP contribution in [0.3, 0.4) is 0 Å². The van der Waals surface area contributed by atoms with E-state index in [-0.39, 0.29) is 0 Å². The number of nitrogens with one attached hydrogen (secondary N) is 1. The number of rotatable bonds is 8. The van der Waals surface area contributed by atoms with Crippen molar-refractivity contribution in [3.05, 3.63) is 12.2 Å². The monoisotopic (exact) mass is 282 g/mol. The third-order valence-electron chi connectivity index (χ3n) is 3.72. The van der Waals surface area contributed by atoms with Crippen molar-refractivity contribution in [3.8, 4) is 0 Å². The van der Waals surface area contributed by atoms with Crippen molar-refractivity contribution in [1.29, 1.82) is 0 Å². The Kier molecular flexibility index (Phi) is 6.17. The molecule has 0 spiro atoms. The van der Waals surface area contributed by atoms with Gasteiger partial charge in [-0.05, 0) is 43.2 Å². The first kappa shape index (κ1) is 14.9. The largest absolute Gasteiger partial charge is 0.313 e. The van der Waals surface area contributed by atoms with Crippen molar-refractivity contribution in [1.82, 2.24) is 20.1 Å². The molecule has 2 unspecified atom stereocenters. The van der Waals surface area contributed by atoms with Crippen molar-refractivity contribution in [2.45, 2.75) is 52.1 Å². The SMILES string of the molecule is CCCNC(Cc1ncnn1CCC)C1CCSC1. The summed E-state index contributed by atoms with van der Waals surface area (Å²) in [7, 11) is 0. The quantitative estimate of drug-likeness (QED) is 0.795. The maximum atomic E-state index is 4.46. The summed E-state index contributed by atoms with van der Waals surface area (Å²) in [5.74, 6) is 4.55. The third kappa shape index (κ3) is 4.21. The molecule has 1 aromatic heterocycles. The lowest BCUT2D eigenvalue weighted by Crippen LogP contribution is -2.39. The first-order valence-corrected chi connectivity index (χ1v) is 8.68. The molecule has 2 rings (SSSR count). The second-order valence-electron chi connectivity index (χ2n) is 5.29. The second-order valence-corrected chi connectivity index (χ2v) is 6.44. The highest BCUT2D eigenvalue weighted by atomic mass is 32.2. The van der Waals surface area contributed by atoms with Crippen LogP contribution in [0, 0.1) is 5.92 Å². The number of aryl methyl sites for hydroxylation is 1. The first-order valence-electron chi connectivity index (χ1n) is 7.53. The van der Waals surface area contributed by atoms with Gasteiger partial charge in [-0.15, -0.1) is 0 Å². The van der Waals surface area contributed by atoms with Crippen LogP contribution in [-0.2, 0) is 13.0 Å². The predicted octanol–water partition coefficient (Wildman–Crippen LogP) is 2.35. The molecule has 1 aromatic rings. The summed E-state index contributed by atoms with van der Waals surface area (Å²) in [6.45, 7) is 6.50. The van der Waals surface area contributed by atoms with E-state index in [4.69, 9.17) is 0 Å². The number of hydrogen-bond donors (Lipinski definition) is 1. The molecule has 108 valence electrons. The Bertz CT molecular complexity index is 360. The van der Waals surface area contributed by atoms with Crippen LogP contribution in [-0.4, -0.2) is 38.9 Å². The van der Waals surface area contributed by atoms with E-state index in [1.807, 2.05) is 0 Å². The summed E-state index contributed by atoms with van der Waals surface area (Å²) in [4.78, 5) is 4.46. The molecule has 1 aliphatic heterocycles. The maximum absolute atomic E-state index is 4.46. The van der Waals surface area contributed by atoms with Crippen molar-refractivity contribution >= 4 is 11.8 Å². The standard InChI is InChI=1S/C14H26N4S/c1-3-6-15-13(12-5-8-19-10-12)9-14-16-11-17-18(14)7-4-2/h11-13,15H,3-10H2,1-2H3. The fraction of sp³-hybridized carbons (Fsp3) is 0.857. The van der Waals surface area contributed by atoms with Crippen LogP contribution < -0.4 is 5.32 Å². The van der Waals surface area contributed by atoms with Gasteiger partial charge in [0.2, 0.25) is 0 Å². The lowest BCUT2D eigenvalue weighted by Gasteiger charge is -2.24. The van der Waals surface area contributed by atoms with Gasteiger partial charge in [0, 0.05) is 19.0 Å². The fourth-order valence-corrected chi connectivity index (χ4v) is 3.98. The summed E-state index contributed by atoms with van der Waals surface area (Å²) >= 11 is 2.09. The third-order valence-corrected chi connectivity index (χ3v) is 4.91. The zero-order valence-corrected chi connectivity index (χ0v) is 13.0. The Morgan fingerprint density at radius 2 is 2.37 bits per heavy atom. The summed E-state index contributed by atoms with van der Waals surface area (Å²) in [6, 6.07) is 0.565. The lowest BCUT2D eigenvalue weighted by molar-refractivity contribution is 0.367. The molecule has 0 saturated carbocycles. The molecule has 0 aliphatic carbocycles. The molecule has 2 heterocycles. The average molecular weight is 282 g/mol. The molecule has 0 radical (unpaired) electrons. The van der Waals surface area contributed by atoms with Gasteiger partial charge in [-0.3, -0.25) is 4.68 Å². The molecule has 1 fully saturated rings. The molecule has 1 N–H and O–H groups in total. The minimum absolute atomic E-state index is 0.565. The van der Waals surface area contributed by atoms with E-state index in [2.05, 4.69) is 45.7 Å². The van der Waals surface area contributed by atoms with Gasteiger partial charge in [0.25, 0.3) is 0 Å². The molecule has 0 aromatic carbocycles. The minimum atomic E-state index is 0.565. The number of thioether (sulfide) groups is 1. The van der Waals surface area contributed by atoms with Gasteiger partial charge in [-0.25, -0.2) is 4.98 Å². The molecule has 2 atom stereocenters. The van der Waals surface area contributed by atoms with Crippen LogP contribution >= 0.6 is 11.8 Å². The van der Waals surface area contributed by atoms with Gasteiger partial charge in [0.1, 0.15) is 12.2 Å². The van der Waals surface area contributed by atoms with Gasteiger partial charge < -0.3 is 5.32 Å². The van der Waals surface area contributed by atoms with Crippen LogP contribution in [0.25, 0.3) is 0 Å². The van der Waals surface area contributed by atoms with Crippen molar-refractivity contribution < 1.29 is 0 Å². The molecule has 0 bridgehead atoms. The Morgan fingerprint density at radius 3 is 3.05 bits per heavy atom. The molecule has 5 heteroatoms. The van der Waals surface area contributed by atoms with Crippen molar-refractivity contribution in [2.24, 2.45) is 5.92 Å². The molecule has 19 heavy (non-hydrogen) atoms. The van der Waals surface area contributed by atoms with Crippen LogP contribution in [0.5, 0.6) is 0 Å². The molecule has 1 aliphatic rings. The highest BCUT2D eigenvalue weighted by molar-refractivity contribution is 7.99. The van der Waals surface area contributed by atoms with Crippen LogP contribution in [0.1, 0.15) is 38.9 Å². The predicted molar refractivity (Wildman–Crippen MR) is 81.5 cm³/mol. The van der Waals surface area contributed by atoms with E-state index in [1.165, 1.54) is 24.3 Å². The summed E-state index contributed by atoms with van der Waals surface area (Å²) in [5.41, 5.74) is 0. The van der Waals surface area contributed by atoms with E-state index >= 15 is 0 Å². The summed E-state index contributed by atoms with van der Waals surface area (Å²) < 4.78 is 2.07. The van der Waals surface area contributed by atoms with E-state index in [0.29, 0.717) is 6.04 Å². The Morgan fingerprint density at radius 1 is 1.47 bits per heavy atom. The summed E-state index contributed by atoms with van der Waals surface area (Å²) in [6.07, 6.45) is 6.37. The van der Waals surface area contributed by atoms with Crippen LogP contribution in [0.2, 0.25) is 0 Å². The maximum Gasteiger partial charge on any atom is 0.138 e. The highest BCUT2D eigenvalue weighted by Crippen LogP contribution is 2.27. The Hall–Kier alpha value is -0.550. The Balaban J connectivity index is 1.99. The molecular formula is C14H26N4S. The number of hydrogen-bond acceptors (Lipinski definition) is 4. The van der Waals surface area contributed by atoms with Gasteiger partial charge in [0.05, 0.1) is 0 Å². The van der Waals surface area contributed by atoms with Crippen LogP contribution in [0.4, 0.5) is 0 Å². The van der Waals surface area contributed by atoms with Gasteiger partial charge >= 0.3 is 0 Å². The van der Waals surface area contributed by atoms with Crippen molar-refractivity contribution in [3.63, 3.8) is 0 Å². The smallest absolute Gasteiger partial charge is 0.138 e. The first-order chi connectivity index (χ1) is 9.35.